The molecule has 0 fully saturated rings. The summed E-state index contributed by atoms with van der Waals surface area (Å²) in [6.45, 7) is 11.4. The molecule has 2 nitrogen and oxygen atoms in total. The molecule has 0 radical (unpaired) electrons. The normalized spacial score (nSPS) is 13.3. The Balaban J connectivity index is 2.74. The molecule has 0 spiro atoms. The Bertz CT molecular complexity index is 449. The van der Waals surface area contributed by atoms with E-state index in [4.69, 9.17) is 0 Å². The summed E-state index contributed by atoms with van der Waals surface area (Å²) in [5.74, 6) is 0.641. The van der Waals surface area contributed by atoms with Gasteiger partial charge in [-0.1, -0.05) is 68.7 Å². The van der Waals surface area contributed by atoms with Crippen molar-refractivity contribution in [2.24, 2.45) is 5.92 Å². The number of benzene rings is 1. The number of carbonyl (C=O) groups excluding carboxylic acids is 1. The van der Waals surface area contributed by atoms with Gasteiger partial charge in [0.2, 0.25) is 0 Å². The molecule has 0 aliphatic carbocycles. The van der Waals surface area contributed by atoms with E-state index in [1.54, 1.807) is 0 Å². The smallest absolute Gasteiger partial charge is 0.251 e. The summed E-state index contributed by atoms with van der Waals surface area (Å²) in [6.07, 6.45) is 1.06. The molecule has 112 valence electrons. The first kappa shape index (κ1) is 17.2. The number of halogens is 1. The van der Waals surface area contributed by atoms with Crippen LogP contribution >= 0.6 is 15.9 Å². The largest absolute Gasteiger partial charge is 0.351 e. The Morgan fingerprint density at radius 1 is 1.25 bits per heavy atom. The summed E-state index contributed by atoms with van der Waals surface area (Å²) in [6, 6.07) is 7.85. The van der Waals surface area contributed by atoms with E-state index in [2.05, 4.69) is 55.9 Å². The van der Waals surface area contributed by atoms with Gasteiger partial charge in [-0.3, -0.25) is 4.79 Å². The van der Waals surface area contributed by atoms with Crippen molar-refractivity contribution in [1.82, 2.24) is 5.32 Å². The highest BCUT2D eigenvalue weighted by atomic mass is 79.9. The van der Waals surface area contributed by atoms with Gasteiger partial charge in [0, 0.05) is 16.9 Å². The Kier molecular flexibility index (Phi) is 6.25. The van der Waals surface area contributed by atoms with Gasteiger partial charge in [-0.05, 0) is 29.4 Å². The summed E-state index contributed by atoms with van der Waals surface area (Å²) >= 11 is 3.62. The summed E-state index contributed by atoms with van der Waals surface area (Å²) in [4.78, 5) is 12.7. The first-order chi connectivity index (χ1) is 9.21. The zero-order valence-electron chi connectivity index (χ0n) is 13.2. The van der Waals surface area contributed by atoms with Crippen molar-refractivity contribution in [2.45, 2.75) is 51.3 Å². The Hall–Kier alpha value is -0.830. The molecule has 0 bridgehead atoms. The molecular formula is C17H26BrNO. The van der Waals surface area contributed by atoms with Gasteiger partial charge in [-0.2, -0.15) is 0 Å². The lowest BCUT2D eigenvalue weighted by molar-refractivity contribution is 0.0951. The first-order valence-corrected chi connectivity index (χ1v) is 8.15. The van der Waals surface area contributed by atoms with Gasteiger partial charge in [-0.25, -0.2) is 0 Å². The van der Waals surface area contributed by atoms with Crippen LogP contribution in [0.4, 0.5) is 0 Å². The SMILES string of the molecule is CC(C)CC(Br)CNC(=O)c1ccccc1C(C)(C)C. The minimum atomic E-state index is -0.0281. The third-order valence-corrected chi connectivity index (χ3v) is 3.89. The van der Waals surface area contributed by atoms with Crippen LogP contribution < -0.4 is 5.32 Å². The van der Waals surface area contributed by atoms with Crippen LogP contribution in [0.25, 0.3) is 0 Å². The van der Waals surface area contributed by atoms with E-state index in [1.165, 1.54) is 0 Å². The lowest BCUT2D eigenvalue weighted by Gasteiger charge is -2.22. The van der Waals surface area contributed by atoms with E-state index in [9.17, 15) is 4.79 Å². The zero-order chi connectivity index (χ0) is 15.3. The van der Waals surface area contributed by atoms with Gasteiger partial charge in [0.15, 0.2) is 0 Å². The standard InChI is InChI=1S/C17H26BrNO/c1-12(2)10-13(18)11-19-16(20)14-8-6-7-9-15(14)17(3,4)5/h6-9,12-13H,10-11H2,1-5H3,(H,19,20). The predicted molar refractivity (Wildman–Crippen MR) is 89.6 cm³/mol. The average molecular weight is 340 g/mol. The van der Waals surface area contributed by atoms with Crippen LogP contribution in [0.15, 0.2) is 24.3 Å². The number of rotatable bonds is 5. The number of amides is 1. The Labute approximate surface area is 131 Å². The Morgan fingerprint density at radius 3 is 2.40 bits per heavy atom. The van der Waals surface area contributed by atoms with E-state index in [1.807, 2.05) is 24.3 Å². The minimum Gasteiger partial charge on any atom is -0.351 e. The number of nitrogens with one attached hydrogen (secondary N) is 1. The molecule has 1 aromatic rings. The van der Waals surface area contributed by atoms with Crippen molar-refractivity contribution in [2.75, 3.05) is 6.54 Å². The van der Waals surface area contributed by atoms with E-state index >= 15 is 0 Å². The van der Waals surface area contributed by atoms with Crippen LogP contribution in [0.5, 0.6) is 0 Å². The second kappa shape index (κ2) is 7.26. The fourth-order valence-electron chi connectivity index (χ4n) is 2.23. The quantitative estimate of drug-likeness (QED) is 0.785. The summed E-state index contributed by atoms with van der Waals surface area (Å²) in [5, 5.41) is 3.03. The lowest BCUT2D eigenvalue weighted by Crippen LogP contribution is -2.32. The third kappa shape index (κ3) is 5.28. The average Bonchev–Trinajstić information content (AvgIpc) is 2.34. The van der Waals surface area contributed by atoms with Crippen LogP contribution in [0.1, 0.15) is 57.0 Å². The maximum absolute atomic E-state index is 12.4. The molecule has 1 rings (SSSR count). The van der Waals surface area contributed by atoms with Gasteiger partial charge < -0.3 is 5.32 Å². The van der Waals surface area contributed by atoms with E-state index < -0.39 is 0 Å². The van der Waals surface area contributed by atoms with E-state index in [0.717, 1.165) is 17.5 Å². The monoisotopic (exact) mass is 339 g/mol. The van der Waals surface area contributed by atoms with Gasteiger partial charge in [0.05, 0.1) is 0 Å². The van der Waals surface area contributed by atoms with Crippen LogP contribution in [0.2, 0.25) is 0 Å². The molecule has 20 heavy (non-hydrogen) atoms. The van der Waals surface area contributed by atoms with E-state index in [-0.39, 0.29) is 11.3 Å². The molecule has 1 N–H and O–H groups in total. The van der Waals surface area contributed by atoms with Crippen LogP contribution in [0.3, 0.4) is 0 Å². The fraction of sp³-hybridized carbons (Fsp3) is 0.588. The van der Waals surface area contributed by atoms with Crippen molar-refractivity contribution < 1.29 is 4.79 Å². The highest BCUT2D eigenvalue weighted by Gasteiger charge is 2.21. The fourth-order valence-corrected chi connectivity index (χ4v) is 3.14. The van der Waals surface area contributed by atoms with Gasteiger partial charge >= 0.3 is 0 Å². The van der Waals surface area contributed by atoms with Gasteiger partial charge in [0.1, 0.15) is 0 Å². The number of hydrogen-bond acceptors (Lipinski definition) is 1. The number of alkyl halides is 1. The van der Waals surface area contributed by atoms with Crippen molar-refractivity contribution >= 4 is 21.8 Å². The second-order valence-electron chi connectivity index (χ2n) is 6.73. The molecule has 1 unspecified atom stereocenters. The molecule has 0 aliphatic heterocycles. The summed E-state index contributed by atoms with van der Waals surface area (Å²) in [7, 11) is 0. The molecule has 1 atom stereocenters. The molecule has 1 amide bonds. The summed E-state index contributed by atoms with van der Waals surface area (Å²) < 4.78 is 0. The third-order valence-electron chi connectivity index (χ3n) is 3.19. The highest BCUT2D eigenvalue weighted by Crippen LogP contribution is 2.25. The van der Waals surface area contributed by atoms with Gasteiger partial charge in [-0.15, -0.1) is 0 Å². The highest BCUT2D eigenvalue weighted by molar-refractivity contribution is 9.09. The van der Waals surface area contributed by atoms with Crippen molar-refractivity contribution in [3.05, 3.63) is 35.4 Å². The molecule has 0 aromatic heterocycles. The van der Waals surface area contributed by atoms with Crippen molar-refractivity contribution in [3.8, 4) is 0 Å². The number of hydrogen-bond donors (Lipinski definition) is 1. The van der Waals surface area contributed by atoms with Gasteiger partial charge in [0.25, 0.3) is 5.91 Å². The first-order valence-electron chi connectivity index (χ1n) is 7.23. The van der Waals surface area contributed by atoms with Crippen molar-refractivity contribution in [3.63, 3.8) is 0 Å². The lowest BCUT2D eigenvalue weighted by atomic mass is 9.83. The molecule has 0 saturated heterocycles. The predicted octanol–water partition coefficient (Wildman–Crippen LogP) is 4.52. The second-order valence-corrected chi connectivity index (χ2v) is 8.03. The topological polar surface area (TPSA) is 29.1 Å². The molecular weight excluding hydrogens is 314 g/mol. The molecule has 3 heteroatoms. The van der Waals surface area contributed by atoms with Crippen LogP contribution in [-0.2, 0) is 5.41 Å². The zero-order valence-corrected chi connectivity index (χ0v) is 14.8. The van der Waals surface area contributed by atoms with Crippen LogP contribution in [0, 0.1) is 5.92 Å². The number of carbonyl (C=O) groups is 1. The molecule has 0 saturated carbocycles. The van der Waals surface area contributed by atoms with Crippen molar-refractivity contribution in [1.29, 1.82) is 0 Å². The van der Waals surface area contributed by atoms with E-state index in [0.29, 0.717) is 17.3 Å². The maximum Gasteiger partial charge on any atom is 0.251 e. The summed E-state index contributed by atoms with van der Waals surface area (Å²) in [5.41, 5.74) is 1.84. The maximum atomic E-state index is 12.4. The molecule has 1 aromatic carbocycles. The molecule has 0 heterocycles. The Morgan fingerprint density at radius 2 is 1.85 bits per heavy atom. The molecule has 0 aliphatic rings. The minimum absolute atomic E-state index is 0.0173. The van der Waals surface area contributed by atoms with Crippen LogP contribution in [-0.4, -0.2) is 17.3 Å².